The lowest BCUT2D eigenvalue weighted by atomic mass is 10.0. The van der Waals surface area contributed by atoms with Crippen molar-refractivity contribution in [3.8, 4) is 5.75 Å². The van der Waals surface area contributed by atoms with Crippen LogP contribution in [0.4, 0.5) is 10.1 Å². The standard InChI is InChI=1S/C12H17FN2O2.ClH/c1-7(8(2)14)12(16)15-9-4-5-11(17-3)10(13)6-9;/h4-8H,14H2,1-3H3,(H,15,16);1H. The highest BCUT2D eigenvalue weighted by Crippen LogP contribution is 2.21. The van der Waals surface area contributed by atoms with Crippen LogP contribution in [0, 0.1) is 11.7 Å². The quantitative estimate of drug-likeness (QED) is 0.886. The molecule has 0 aliphatic carbocycles. The third-order valence-corrected chi connectivity index (χ3v) is 2.62. The van der Waals surface area contributed by atoms with Crippen molar-refractivity contribution in [3.63, 3.8) is 0 Å². The summed E-state index contributed by atoms with van der Waals surface area (Å²) in [4.78, 5) is 11.7. The molecular formula is C12H18ClFN2O2. The van der Waals surface area contributed by atoms with Crippen LogP contribution in [-0.4, -0.2) is 19.1 Å². The summed E-state index contributed by atoms with van der Waals surface area (Å²) >= 11 is 0. The van der Waals surface area contributed by atoms with Crippen molar-refractivity contribution < 1.29 is 13.9 Å². The summed E-state index contributed by atoms with van der Waals surface area (Å²) in [5.74, 6) is -0.938. The van der Waals surface area contributed by atoms with Gasteiger partial charge in [0.15, 0.2) is 11.6 Å². The third-order valence-electron chi connectivity index (χ3n) is 2.62. The van der Waals surface area contributed by atoms with Gasteiger partial charge in [-0.15, -0.1) is 12.4 Å². The fourth-order valence-corrected chi connectivity index (χ4v) is 1.24. The Morgan fingerprint density at radius 2 is 2.06 bits per heavy atom. The number of ether oxygens (including phenoxy) is 1. The summed E-state index contributed by atoms with van der Waals surface area (Å²) in [6.07, 6.45) is 0. The van der Waals surface area contributed by atoms with Gasteiger partial charge in [-0.05, 0) is 19.1 Å². The van der Waals surface area contributed by atoms with Crippen molar-refractivity contribution in [2.75, 3.05) is 12.4 Å². The number of methoxy groups -OCH3 is 1. The van der Waals surface area contributed by atoms with Gasteiger partial charge >= 0.3 is 0 Å². The van der Waals surface area contributed by atoms with E-state index in [0.29, 0.717) is 5.69 Å². The zero-order valence-corrected chi connectivity index (χ0v) is 11.4. The minimum absolute atomic E-state index is 0. The largest absolute Gasteiger partial charge is 0.494 e. The summed E-state index contributed by atoms with van der Waals surface area (Å²) in [6, 6.07) is 4.00. The van der Waals surface area contributed by atoms with E-state index >= 15 is 0 Å². The molecule has 102 valence electrons. The molecule has 0 bridgehead atoms. The molecular weight excluding hydrogens is 259 g/mol. The first-order valence-electron chi connectivity index (χ1n) is 5.35. The van der Waals surface area contributed by atoms with Crippen molar-refractivity contribution in [3.05, 3.63) is 24.0 Å². The molecule has 0 aromatic heterocycles. The van der Waals surface area contributed by atoms with E-state index in [2.05, 4.69) is 5.32 Å². The van der Waals surface area contributed by atoms with E-state index < -0.39 is 5.82 Å². The zero-order valence-electron chi connectivity index (χ0n) is 10.6. The molecule has 0 spiro atoms. The van der Waals surface area contributed by atoms with Gasteiger partial charge in [-0.3, -0.25) is 4.79 Å². The summed E-state index contributed by atoms with van der Waals surface area (Å²) in [6.45, 7) is 3.47. The van der Waals surface area contributed by atoms with E-state index in [0.717, 1.165) is 0 Å². The van der Waals surface area contributed by atoms with Gasteiger partial charge in [0.2, 0.25) is 5.91 Å². The van der Waals surface area contributed by atoms with Crippen LogP contribution >= 0.6 is 12.4 Å². The highest BCUT2D eigenvalue weighted by atomic mass is 35.5. The molecule has 4 nitrogen and oxygen atoms in total. The van der Waals surface area contributed by atoms with Crippen LogP contribution in [-0.2, 0) is 4.79 Å². The number of benzene rings is 1. The molecule has 1 aromatic carbocycles. The Labute approximate surface area is 112 Å². The zero-order chi connectivity index (χ0) is 13.0. The minimum atomic E-state index is -0.515. The average Bonchev–Trinajstić information content (AvgIpc) is 2.28. The fraction of sp³-hybridized carbons (Fsp3) is 0.417. The van der Waals surface area contributed by atoms with E-state index in [1.54, 1.807) is 19.9 Å². The number of carbonyl (C=O) groups excluding carboxylic acids is 1. The molecule has 0 heterocycles. The lowest BCUT2D eigenvalue weighted by molar-refractivity contribution is -0.119. The van der Waals surface area contributed by atoms with Crippen molar-refractivity contribution in [2.24, 2.45) is 11.7 Å². The molecule has 0 saturated heterocycles. The second kappa shape index (κ2) is 7.18. The molecule has 3 N–H and O–H groups in total. The van der Waals surface area contributed by atoms with Gasteiger partial charge < -0.3 is 15.8 Å². The first-order chi connectivity index (χ1) is 7.95. The summed E-state index contributed by atoms with van der Waals surface area (Å²) < 4.78 is 18.1. The molecule has 0 radical (unpaired) electrons. The molecule has 0 saturated carbocycles. The lowest BCUT2D eigenvalue weighted by Gasteiger charge is -2.15. The highest BCUT2D eigenvalue weighted by Gasteiger charge is 2.17. The number of carbonyl (C=O) groups is 1. The van der Waals surface area contributed by atoms with Crippen molar-refractivity contribution in [2.45, 2.75) is 19.9 Å². The smallest absolute Gasteiger partial charge is 0.228 e. The van der Waals surface area contributed by atoms with Crippen LogP contribution in [0.3, 0.4) is 0 Å². The maximum Gasteiger partial charge on any atom is 0.228 e. The number of rotatable bonds is 4. The van der Waals surface area contributed by atoms with Crippen LogP contribution in [0.1, 0.15) is 13.8 Å². The van der Waals surface area contributed by atoms with E-state index in [-0.39, 0.29) is 36.0 Å². The van der Waals surface area contributed by atoms with Crippen molar-refractivity contribution in [1.29, 1.82) is 0 Å². The van der Waals surface area contributed by atoms with Gasteiger partial charge in [-0.1, -0.05) is 6.92 Å². The number of amides is 1. The minimum Gasteiger partial charge on any atom is -0.494 e. The molecule has 2 unspecified atom stereocenters. The molecule has 1 rings (SSSR count). The van der Waals surface area contributed by atoms with Gasteiger partial charge in [-0.25, -0.2) is 4.39 Å². The monoisotopic (exact) mass is 276 g/mol. The fourth-order valence-electron chi connectivity index (χ4n) is 1.24. The predicted octanol–water partition coefficient (Wildman–Crippen LogP) is 2.18. The molecule has 2 atom stereocenters. The average molecular weight is 277 g/mol. The first kappa shape index (κ1) is 16.7. The highest BCUT2D eigenvalue weighted by molar-refractivity contribution is 5.92. The summed E-state index contributed by atoms with van der Waals surface area (Å²) in [5.41, 5.74) is 6.00. The van der Waals surface area contributed by atoms with Crippen molar-refractivity contribution >= 4 is 24.0 Å². The van der Waals surface area contributed by atoms with Crippen LogP contribution < -0.4 is 15.8 Å². The van der Waals surface area contributed by atoms with Gasteiger partial charge in [0.25, 0.3) is 0 Å². The number of anilines is 1. The second-order valence-corrected chi connectivity index (χ2v) is 3.99. The Hall–Kier alpha value is -1.33. The molecule has 0 aliphatic heterocycles. The number of halogens is 2. The van der Waals surface area contributed by atoms with Gasteiger partial charge in [0.05, 0.1) is 13.0 Å². The number of hydrogen-bond acceptors (Lipinski definition) is 3. The van der Waals surface area contributed by atoms with Gasteiger partial charge in [0, 0.05) is 17.8 Å². The molecule has 1 amide bonds. The van der Waals surface area contributed by atoms with E-state index in [9.17, 15) is 9.18 Å². The van der Waals surface area contributed by atoms with Gasteiger partial charge in [-0.2, -0.15) is 0 Å². The summed E-state index contributed by atoms with van der Waals surface area (Å²) in [7, 11) is 1.38. The Morgan fingerprint density at radius 1 is 1.44 bits per heavy atom. The molecule has 18 heavy (non-hydrogen) atoms. The maximum atomic E-state index is 13.4. The molecule has 6 heteroatoms. The molecule has 0 fully saturated rings. The number of hydrogen-bond donors (Lipinski definition) is 2. The SMILES string of the molecule is COc1ccc(NC(=O)C(C)C(C)N)cc1F.Cl. The van der Waals surface area contributed by atoms with Crippen LogP contribution in [0.25, 0.3) is 0 Å². The Kier molecular flexibility index (Phi) is 6.65. The third kappa shape index (κ3) is 4.16. The predicted molar refractivity (Wildman–Crippen MR) is 71.6 cm³/mol. The topological polar surface area (TPSA) is 64.3 Å². The normalized spacial score (nSPS) is 13.2. The first-order valence-corrected chi connectivity index (χ1v) is 5.35. The second-order valence-electron chi connectivity index (χ2n) is 3.99. The summed E-state index contributed by atoms with van der Waals surface area (Å²) in [5, 5.41) is 2.60. The van der Waals surface area contributed by atoms with Gasteiger partial charge in [0.1, 0.15) is 0 Å². The Balaban J connectivity index is 0.00000289. The molecule has 0 aliphatic rings. The van der Waals surface area contributed by atoms with Crippen LogP contribution in [0.2, 0.25) is 0 Å². The Morgan fingerprint density at radius 3 is 2.50 bits per heavy atom. The maximum absolute atomic E-state index is 13.4. The van der Waals surface area contributed by atoms with Crippen LogP contribution in [0.5, 0.6) is 5.75 Å². The molecule has 1 aromatic rings. The van der Waals surface area contributed by atoms with E-state index in [4.69, 9.17) is 10.5 Å². The van der Waals surface area contributed by atoms with E-state index in [1.807, 2.05) is 0 Å². The number of nitrogens with two attached hydrogens (primary N) is 1. The lowest BCUT2D eigenvalue weighted by Crippen LogP contribution is -2.34. The Bertz CT molecular complexity index is 413. The van der Waals surface area contributed by atoms with Crippen molar-refractivity contribution in [1.82, 2.24) is 0 Å². The van der Waals surface area contributed by atoms with E-state index in [1.165, 1.54) is 19.2 Å². The number of nitrogens with one attached hydrogen (secondary N) is 1. The van der Waals surface area contributed by atoms with Crippen LogP contribution in [0.15, 0.2) is 18.2 Å².